The van der Waals surface area contributed by atoms with Gasteiger partial charge >= 0.3 is 0 Å². The lowest BCUT2D eigenvalue weighted by Gasteiger charge is -2.35. The standard InChI is InChI=1S/C17H25NO3/c1-3-13-6-8-17(21,9-7-13)11-18-16(20)14-5-4-12(2)15(19)10-14/h4-5,10,13,19,21H,3,6-9,11H2,1-2H3,(H,18,20). The zero-order chi connectivity index (χ0) is 15.5. The molecule has 0 heterocycles. The van der Waals surface area contributed by atoms with E-state index in [1.165, 1.54) is 6.07 Å². The lowest BCUT2D eigenvalue weighted by Crippen LogP contribution is -2.45. The highest BCUT2D eigenvalue weighted by molar-refractivity contribution is 5.94. The zero-order valence-corrected chi connectivity index (χ0v) is 12.9. The number of aromatic hydroxyl groups is 1. The molecule has 0 aromatic heterocycles. The number of amides is 1. The highest BCUT2D eigenvalue weighted by Gasteiger charge is 2.32. The second kappa shape index (κ2) is 6.48. The molecule has 1 aliphatic rings. The van der Waals surface area contributed by atoms with Crippen LogP contribution < -0.4 is 5.32 Å². The van der Waals surface area contributed by atoms with Crippen molar-refractivity contribution in [2.24, 2.45) is 5.92 Å². The quantitative estimate of drug-likeness (QED) is 0.799. The van der Waals surface area contributed by atoms with E-state index in [1.807, 2.05) is 0 Å². The van der Waals surface area contributed by atoms with Gasteiger partial charge in [-0.15, -0.1) is 0 Å². The van der Waals surface area contributed by atoms with Gasteiger partial charge in [0.2, 0.25) is 0 Å². The van der Waals surface area contributed by atoms with E-state index in [0.29, 0.717) is 11.5 Å². The van der Waals surface area contributed by atoms with Crippen LogP contribution in [0.25, 0.3) is 0 Å². The minimum absolute atomic E-state index is 0.116. The van der Waals surface area contributed by atoms with Crippen LogP contribution in [0.1, 0.15) is 54.9 Å². The maximum absolute atomic E-state index is 12.1. The van der Waals surface area contributed by atoms with E-state index in [0.717, 1.165) is 37.7 Å². The van der Waals surface area contributed by atoms with Crippen molar-refractivity contribution in [3.63, 3.8) is 0 Å². The Labute approximate surface area is 126 Å². The molecular formula is C17H25NO3. The average Bonchev–Trinajstić information content (AvgIpc) is 2.48. The van der Waals surface area contributed by atoms with Gasteiger partial charge in [0.1, 0.15) is 5.75 Å². The molecule has 0 saturated heterocycles. The van der Waals surface area contributed by atoms with Crippen molar-refractivity contribution in [1.82, 2.24) is 5.32 Å². The molecule has 0 aliphatic heterocycles. The fraction of sp³-hybridized carbons (Fsp3) is 0.588. The summed E-state index contributed by atoms with van der Waals surface area (Å²) in [4.78, 5) is 12.1. The summed E-state index contributed by atoms with van der Waals surface area (Å²) in [6.07, 6.45) is 4.68. The van der Waals surface area contributed by atoms with Gasteiger partial charge in [-0.05, 0) is 56.2 Å². The van der Waals surface area contributed by atoms with Crippen molar-refractivity contribution in [2.45, 2.75) is 51.6 Å². The Bertz CT molecular complexity index is 505. The van der Waals surface area contributed by atoms with Gasteiger partial charge in [0.05, 0.1) is 5.60 Å². The molecule has 0 spiro atoms. The van der Waals surface area contributed by atoms with Crippen molar-refractivity contribution in [3.05, 3.63) is 29.3 Å². The van der Waals surface area contributed by atoms with Crippen LogP contribution >= 0.6 is 0 Å². The van der Waals surface area contributed by atoms with E-state index in [4.69, 9.17) is 0 Å². The highest BCUT2D eigenvalue weighted by Crippen LogP contribution is 2.33. The Morgan fingerprint density at radius 1 is 1.38 bits per heavy atom. The highest BCUT2D eigenvalue weighted by atomic mass is 16.3. The Hall–Kier alpha value is -1.55. The molecule has 1 aliphatic carbocycles. The molecule has 21 heavy (non-hydrogen) atoms. The minimum Gasteiger partial charge on any atom is -0.508 e. The van der Waals surface area contributed by atoms with Gasteiger partial charge in [-0.1, -0.05) is 19.4 Å². The first kappa shape index (κ1) is 15.8. The third-order valence-corrected chi connectivity index (χ3v) is 4.66. The van der Waals surface area contributed by atoms with Crippen LogP contribution in [-0.2, 0) is 0 Å². The fourth-order valence-corrected chi connectivity index (χ4v) is 2.90. The summed E-state index contributed by atoms with van der Waals surface area (Å²) in [5.41, 5.74) is 0.376. The fourth-order valence-electron chi connectivity index (χ4n) is 2.90. The summed E-state index contributed by atoms with van der Waals surface area (Å²) in [6.45, 7) is 4.24. The molecule has 0 bridgehead atoms. The summed E-state index contributed by atoms with van der Waals surface area (Å²) in [7, 11) is 0. The maximum Gasteiger partial charge on any atom is 0.251 e. The summed E-state index contributed by atoms with van der Waals surface area (Å²) in [5.74, 6) is 0.566. The Balaban J connectivity index is 1.90. The Kier molecular flexibility index (Phi) is 4.88. The van der Waals surface area contributed by atoms with Crippen molar-refractivity contribution in [1.29, 1.82) is 0 Å². The second-order valence-electron chi connectivity index (χ2n) is 6.26. The molecular weight excluding hydrogens is 266 g/mol. The molecule has 4 nitrogen and oxygen atoms in total. The van der Waals surface area contributed by atoms with Crippen molar-refractivity contribution in [2.75, 3.05) is 6.54 Å². The number of nitrogens with one attached hydrogen (secondary N) is 1. The van der Waals surface area contributed by atoms with Gasteiger partial charge in [-0.2, -0.15) is 0 Å². The minimum atomic E-state index is -0.784. The van der Waals surface area contributed by atoms with Gasteiger partial charge in [0.25, 0.3) is 5.91 Å². The lowest BCUT2D eigenvalue weighted by molar-refractivity contribution is -0.00786. The Morgan fingerprint density at radius 3 is 2.62 bits per heavy atom. The van der Waals surface area contributed by atoms with E-state index >= 15 is 0 Å². The van der Waals surface area contributed by atoms with Crippen LogP contribution in [0.2, 0.25) is 0 Å². The normalized spacial score (nSPS) is 25.6. The molecule has 4 heteroatoms. The molecule has 0 atom stereocenters. The van der Waals surface area contributed by atoms with Crippen LogP contribution in [0.15, 0.2) is 18.2 Å². The van der Waals surface area contributed by atoms with Gasteiger partial charge in [0.15, 0.2) is 0 Å². The second-order valence-corrected chi connectivity index (χ2v) is 6.26. The molecule has 0 radical (unpaired) electrons. The number of rotatable bonds is 4. The molecule has 116 valence electrons. The molecule has 0 unspecified atom stereocenters. The first-order chi connectivity index (χ1) is 9.93. The zero-order valence-electron chi connectivity index (χ0n) is 12.9. The van der Waals surface area contributed by atoms with Crippen molar-refractivity contribution >= 4 is 5.91 Å². The number of hydrogen-bond acceptors (Lipinski definition) is 3. The largest absolute Gasteiger partial charge is 0.508 e. The topological polar surface area (TPSA) is 69.6 Å². The SMILES string of the molecule is CCC1CCC(O)(CNC(=O)c2ccc(C)c(O)c2)CC1. The number of carbonyl (C=O) groups excluding carboxylic acids is 1. The predicted octanol–water partition coefficient (Wildman–Crippen LogP) is 2.76. The van der Waals surface area contributed by atoms with Gasteiger partial charge < -0.3 is 15.5 Å². The smallest absolute Gasteiger partial charge is 0.251 e. The number of hydrogen-bond donors (Lipinski definition) is 3. The first-order valence-corrected chi connectivity index (χ1v) is 7.74. The molecule has 2 rings (SSSR count). The number of phenolic OH excluding ortho intramolecular Hbond substituents is 1. The van der Waals surface area contributed by atoms with E-state index in [1.54, 1.807) is 19.1 Å². The van der Waals surface area contributed by atoms with Crippen LogP contribution in [0.4, 0.5) is 0 Å². The number of phenols is 1. The van der Waals surface area contributed by atoms with Crippen LogP contribution in [0.5, 0.6) is 5.75 Å². The van der Waals surface area contributed by atoms with Gasteiger partial charge in [-0.3, -0.25) is 4.79 Å². The molecule has 1 fully saturated rings. The van der Waals surface area contributed by atoms with Crippen LogP contribution in [-0.4, -0.2) is 28.3 Å². The lowest BCUT2D eigenvalue weighted by atomic mass is 9.78. The van der Waals surface area contributed by atoms with Gasteiger partial charge in [-0.25, -0.2) is 0 Å². The monoisotopic (exact) mass is 291 g/mol. The summed E-state index contributed by atoms with van der Waals surface area (Å²) in [5, 5.41) is 22.9. The molecule has 1 amide bonds. The third-order valence-electron chi connectivity index (χ3n) is 4.66. The molecule has 3 N–H and O–H groups in total. The number of carbonyl (C=O) groups is 1. The maximum atomic E-state index is 12.1. The summed E-state index contributed by atoms with van der Waals surface area (Å²) >= 11 is 0. The third kappa shape index (κ3) is 3.97. The van der Waals surface area contributed by atoms with Crippen molar-refractivity contribution in [3.8, 4) is 5.75 Å². The van der Waals surface area contributed by atoms with Gasteiger partial charge in [0, 0.05) is 12.1 Å². The summed E-state index contributed by atoms with van der Waals surface area (Å²) in [6, 6.07) is 4.86. The summed E-state index contributed by atoms with van der Waals surface area (Å²) < 4.78 is 0. The predicted molar refractivity (Wildman–Crippen MR) is 82.4 cm³/mol. The van der Waals surface area contributed by atoms with E-state index < -0.39 is 5.60 Å². The van der Waals surface area contributed by atoms with E-state index in [9.17, 15) is 15.0 Å². The van der Waals surface area contributed by atoms with E-state index in [2.05, 4.69) is 12.2 Å². The molecule has 1 aromatic carbocycles. The van der Waals surface area contributed by atoms with Crippen LogP contribution in [0, 0.1) is 12.8 Å². The van der Waals surface area contributed by atoms with E-state index in [-0.39, 0.29) is 18.2 Å². The number of benzene rings is 1. The average molecular weight is 291 g/mol. The number of aryl methyl sites for hydroxylation is 1. The van der Waals surface area contributed by atoms with Crippen LogP contribution in [0.3, 0.4) is 0 Å². The van der Waals surface area contributed by atoms with Crippen molar-refractivity contribution < 1.29 is 15.0 Å². The Morgan fingerprint density at radius 2 is 2.05 bits per heavy atom. The number of aliphatic hydroxyl groups is 1. The molecule has 1 aromatic rings. The molecule has 1 saturated carbocycles. The first-order valence-electron chi connectivity index (χ1n) is 7.74.